The Morgan fingerprint density at radius 3 is 2.36 bits per heavy atom. The van der Waals surface area contributed by atoms with Crippen molar-refractivity contribution in [3.8, 4) is 0 Å². The molecule has 66 valence electrons. The molecule has 0 amide bonds. The first-order valence-electron chi connectivity index (χ1n) is 4.33. The number of nitrogens with two attached hydrogens (primary N) is 1. The predicted octanol–water partition coefficient (Wildman–Crippen LogP) is 0.749. The number of piperidine rings is 1. The Labute approximate surface area is 68.5 Å². The van der Waals surface area contributed by atoms with Crippen molar-refractivity contribution in [1.29, 1.82) is 0 Å². The Bertz CT molecular complexity index is 109. The number of nitrogens with zero attached hydrogens (tertiary/aromatic N) is 1. The third-order valence-corrected chi connectivity index (χ3v) is 1.94. The lowest BCUT2D eigenvalue weighted by atomic mass is 10.1. The van der Waals surface area contributed by atoms with E-state index in [1.807, 2.05) is 5.01 Å². The Morgan fingerprint density at radius 2 is 1.91 bits per heavy atom. The fourth-order valence-electron chi connectivity index (χ4n) is 1.40. The van der Waals surface area contributed by atoms with Crippen molar-refractivity contribution in [3.05, 3.63) is 0 Å². The topological polar surface area (TPSA) is 38.5 Å². The first kappa shape index (κ1) is 8.97. The normalized spacial score (nSPS) is 22.9. The number of ether oxygens (including phenoxy) is 1. The Hall–Kier alpha value is -0.120. The van der Waals surface area contributed by atoms with E-state index in [1.165, 1.54) is 0 Å². The van der Waals surface area contributed by atoms with Crippen LogP contribution in [-0.2, 0) is 4.74 Å². The third-order valence-electron chi connectivity index (χ3n) is 1.94. The van der Waals surface area contributed by atoms with Crippen LogP contribution >= 0.6 is 0 Å². The fraction of sp³-hybridized carbons (Fsp3) is 1.00. The Balaban J connectivity index is 2.17. The summed E-state index contributed by atoms with van der Waals surface area (Å²) in [4.78, 5) is 0. The number of hydrogen-bond acceptors (Lipinski definition) is 3. The predicted molar refractivity (Wildman–Crippen MR) is 45.0 cm³/mol. The van der Waals surface area contributed by atoms with Crippen LogP contribution in [0.2, 0.25) is 0 Å². The summed E-state index contributed by atoms with van der Waals surface area (Å²) in [5, 5.41) is 1.86. The van der Waals surface area contributed by atoms with Crippen LogP contribution in [0.5, 0.6) is 0 Å². The van der Waals surface area contributed by atoms with Crippen molar-refractivity contribution in [3.63, 3.8) is 0 Å². The fourth-order valence-corrected chi connectivity index (χ4v) is 1.40. The van der Waals surface area contributed by atoms with Gasteiger partial charge in [0.1, 0.15) is 0 Å². The van der Waals surface area contributed by atoms with Crippen LogP contribution in [-0.4, -0.2) is 30.3 Å². The van der Waals surface area contributed by atoms with Crippen molar-refractivity contribution in [2.45, 2.75) is 38.9 Å². The quantitative estimate of drug-likeness (QED) is 0.603. The van der Waals surface area contributed by atoms with Crippen LogP contribution in [0.25, 0.3) is 0 Å². The van der Waals surface area contributed by atoms with Crippen LogP contribution in [0.3, 0.4) is 0 Å². The summed E-state index contributed by atoms with van der Waals surface area (Å²) in [5.41, 5.74) is 0. The van der Waals surface area contributed by atoms with E-state index < -0.39 is 0 Å². The van der Waals surface area contributed by atoms with Crippen molar-refractivity contribution in [2.24, 2.45) is 5.84 Å². The highest BCUT2D eigenvalue weighted by atomic mass is 16.5. The second-order valence-electron chi connectivity index (χ2n) is 3.42. The molecule has 0 spiro atoms. The van der Waals surface area contributed by atoms with Gasteiger partial charge in [-0.2, -0.15) is 0 Å². The highest BCUT2D eigenvalue weighted by Gasteiger charge is 2.17. The molecule has 1 aliphatic rings. The van der Waals surface area contributed by atoms with Crippen LogP contribution in [0.15, 0.2) is 0 Å². The molecule has 1 aliphatic heterocycles. The molecule has 3 heteroatoms. The molecule has 0 saturated carbocycles. The summed E-state index contributed by atoms with van der Waals surface area (Å²) in [6.45, 7) is 6.10. The van der Waals surface area contributed by atoms with E-state index in [2.05, 4.69) is 13.8 Å². The highest BCUT2D eigenvalue weighted by Crippen LogP contribution is 2.12. The average molecular weight is 158 g/mol. The van der Waals surface area contributed by atoms with Crippen LogP contribution < -0.4 is 5.84 Å². The van der Waals surface area contributed by atoms with Crippen LogP contribution in [0, 0.1) is 0 Å². The van der Waals surface area contributed by atoms with Crippen LogP contribution in [0.1, 0.15) is 26.7 Å². The van der Waals surface area contributed by atoms with Crippen LogP contribution in [0.4, 0.5) is 0 Å². The molecular formula is C8H18N2O. The van der Waals surface area contributed by atoms with Gasteiger partial charge in [0, 0.05) is 13.1 Å². The van der Waals surface area contributed by atoms with E-state index in [-0.39, 0.29) is 0 Å². The van der Waals surface area contributed by atoms with Crippen molar-refractivity contribution >= 4 is 0 Å². The zero-order valence-electron chi connectivity index (χ0n) is 7.42. The summed E-state index contributed by atoms with van der Waals surface area (Å²) in [6, 6.07) is 0. The zero-order chi connectivity index (χ0) is 8.27. The molecular weight excluding hydrogens is 140 g/mol. The van der Waals surface area contributed by atoms with E-state index in [0.29, 0.717) is 12.2 Å². The molecule has 1 heterocycles. The maximum Gasteiger partial charge on any atom is 0.0604 e. The monoisotopic (exact) mass is 158 g/mol. The largest absolute Gasteiger partial charge is 0.375 e. The van der Waals surface area contributed by atoms with E-state index in [4.69, 9.17) is 10.6 Å². The Kier molecular flexibility index (Phi) is 3.30. The standard InChI is InChI=1S/C8H18N2O/c1-7(2)11-8-3-5-10(9)6-4-8/h7-8H,3-6,9H2,1-2H3. The van der Waals surface area contributed by atoms with Gasteiger partial charge in [0.25, 0.3) is 0 Å². The molecule has 0 aromatic carbocycles. The summed E-state index contributed by atoms with van der Waals surface area (Å²) in [7, 11) is 0. The molecule has 0 radical (unpaired) electrons. The molecule has 11 heavy (non-hydrogen) atoms. The first-order chi connectivity index (χ1) is 5.18. The minimum absolute atomic E-state index is 0.351. The van der Waals surface area contributed by atoms with Gasteiger partial charge >= 0.3 is 0 Å². The van der Waals surface area contributed by atoms with Gasteiger partial charge in [0.2, 0.25) is 0 Å². The van der Waals surface area contributed by atoms with E-state index in [9.17, 15) is 0 Å². The van der Waals surface area contributed by atoms with Crippen molar-refractivity contribution in [2.75, 3.05) is 13.1 Å². The molecule has 0 bridgehead atoms. The Morgan fingerprint density at radius 1 is 1.36 bits per heavy atom. The zero-order valence-corrected chi connectivity index (χ0v) is 7.42. The molecule has 1 fully saturated rings. The maximum absolute atomic E-state index is 5.66. The molecule has 2 N–H and O–H groups in total. The molecule has 1 saturated heterocycles. The second kappa shape index (κ2) is 4.04. The summed E-state index contributed by atoms with van der Waals surface area (Å²) in [6.07, 6.45) is 2.95. The lowest BCUT2D eigenvalue weighted by Gasteiger charge is -2.29. The molecule has 0 unspecified atom stereocenters. The lowest BCUT2D eigenvalue weighted by Crippen LogP contribution is -2.41. The first-order valence-corrected chi connectivity index (χ1v) is 4.33. The van der Waals surface area contributed by atoms with Gasteiger partial charge in [0.15, 0.2) is 0 Å². The molecule has 3 nitrogen and oxygen atoms in total. The van der Waals surface area contributed by atoms with E-state index in [0.717, 1.165) is 25.9 Å². The minimum Gasteiger partial charge on any atom is -0.375 e. The van der Waals surface area contributed by atoms with Crippen molar-refractivity contribution < 1.29 is 4.74 Å². The van der Waals surface area contributed by atoms with Gasteiger partial charge < -0.3 is 4.74 Å². The molecule has 1 rings (SSSR count). The second-order valence-corrected chi connectivity index (χ2v) is 3.42. The maximum atomic E-state index is 5.66. The molecule has 0 aromatic rings. The SMILES string of the molecule is CC(C)OC1CCN(N)CC1. The summed E-state index contributed by atoms with van der Waals surface area (Å²) >= 11 is 0. The van der Waals surface area contributed by atoms with Gasteiger partial charge in [-0.1, -0.05) is 0 Å². The van der Waals surface area contributed by atoms with Gasteiger partial charge in [-0.25, -0.2) is 5.01 Å². The molecule has 0 aromatic heterocycles. The number of hydrazine groups is 1. The van der Waals surface area contributed by atoms with Gasteiger partial charge in [-0.3, -0.25) is 5.84 Å². The molecule has 0 aliphatic carbocycles. The van der Waals surface area contributed by atoms with Gasteiger partial charge in [-0.15, -0.1) is 0 Å². The smallest absolute Gasteiger partial charge is 0.0604 e. The summed E-state index contributed by atoms with van der Waals surface area (Å²) < 4.78 is 5.66. The number of hydrogen-bond donors (Lipinski definition) is 1. The van der Waals surface area contributed by atoms with Gasteiger partial charge in [-0.05, 0) is 26.7 Å². The molecule has 0 atom stereocenters. The highest BCUT2D eigenvalue weighted by molar-refractivity contribution is 4.69. The lowest BCUT2D eigenvalue weighted by molar-refractivity contribution is -0.0269. The average Bonchev–Trinajstić information content (AvgIpc) is 1.93. The third kappa shape index (κ3) is 3.18. The summed E-state index contributed by atoms with van der Waals surface area (Å²) in [5.74, 6) is 5.61. The van der Waals surface area contributed by atoms with Gasteiger partial charge in [0.05, 0.1) is 12.2 Å². The number of rotatable bonds is 2. The minimum atomic E-state index is 0.351. The van der Waals surface area contributed by atoms with E-state index >= 15 is 0 Å². The van der Waals surface area contributed by atoms with E-state index in [1.54, 1.807) is 0 Å². The van der Waals surface area contributed by atoms with Crippen molar-refractivity contribution in [1.82, 2.24) is 5.01 Å².